The van der Waals surface area contributed by atoms with Crippen molar-refractivity contribution < 1.29 is 13.2 Å². The number of benzene rings is 1. The van der Waals surface area contributed by atoms with Crippen molar-refractivity contribution in [3.8, 4) is 0 Å². The van der Waals surface area contributed by atoms with Crippen molar-refractivity contribution in [1.29, 1.82) is 0 Å². The zero-order valence-corrected chi connectivity index (χ0v) is 9.92. The fourth-order valence-corrected chi connectivity index (χ4v) is 2.16. The van der Waals surface area contributed by atoms with Crippen molar-refractivity contribution in [3.63, 3.8) is 0 Å². The van der Waals surface area contributed by atoms with Gasteiger partial charge >= 0.3 is 6.18 Å². The highest BCUT2D eigenvalue weighted by Gasteiger charge is 2.30. The molecule has 0 fully saturated rings. The first kappa shape index (κ1) is 13.0. The van der Waals surface area contributed by atoms with Crippen LogP contribution in [0.25, 0.3) is 0 Å². The molecule has 0 saturated carbocycles. The molecule has 0 aliphatic rings. The smallest absolute Gasteiger partial charge is 0.271 e. The molecule has 0 aliphatic heterocycles. The van der Waals surface area contributed by atoms with Crippen LogP contribution in [0.4, 0.5) is 13.2 Å². The predicted octanol–water partition coefficient (Wildman–Crippen LogP) is 2.71. The number of nitrogens with two attached hydrogens (primary N) is 1. The first-order chi connectivity index (χ1) is 8.52. The van der Waals surface area contributed by atoms with E-state index in [0.717, 1.165) is 12.1 Å². The Labute approximate surface area is 105 Å². The highest BCUT2D eigenvalue weighted by Crippen LogP contribution is 2.30. The van der Waals surface area contributed by atoms with E-state index < -0.39 is 17.8 Å². The lowest BCUT2D eigenvalue weighted by Crippen LogP contribution is -2.29. The zero-order valence-electron chi connectivity index (χ0n) is 9.11. The normalized spacial score (nSPS) is 13.6. The Kier molecular flexibility index (Phi) is 3.65. The van der Waals surface area contributed by atoms with Gasteiger partial charge in [0.1, 0.15) is 0 Å². The number of hydrogen-bond acceptors (Lipinski definition) is 4. The Balaban J connectivity index is 2.28. The number of aromatic nitrogens is 1. The van der Waals surface area contributed by atoms with Gasteiger partial charge in [-0.3, -0.25) is 5.84 Å². The van der Waals surface area contributed by atoms with Gasteiger partial charge in [0, 0.05) is 5.38 Å². The maximum Gasteiger partial charge on any atom is 0.416 e. The van der Waals surface area contributed by atoms with Crippen LogP contribution in [-0.4, -0.2) is 4.98 Å². The molecule has 3 nitrogen and oxygen atoms in total. The van der Waals surface area contributed by atoms with Crippen LogP contribution in [0, 0.1) is 0 Å². The average molecular weight is 273 g/mol. The van der Waals surface area contributed by atoms with Gasteiger partial charge in [0.15, 0.2) is 0 Å². The van der Waals surface area contributed by atoms with Gasteiger partial charge < -0.3 is 0 Å². The quantitative estimate of drug-likeness (QED) is 0.668. The monoisotopic (exact) mass is 273 g/mol. The first-order valence-electron chi connectivity index (χ1n) is 5.03. The van der Waals surface area contributed by atoms with Crippen LogP contribution in [0.5, 0.6) is 0 Å². The van der Waals surface area contributed by atoms with Crippen molar-refractivity contribution in [1.82, 2.24) is 10.4 Å². The zero-order chi connectivity index (χ0) is 13.2. The molecule has 1 aromatic carbocycles. The van der Waals surface area contributed by atoms with E-state index >= 15 is 0 Å². The molecular weight excluding hydrogens is 263 g/mol. The molecule has 0 amide bonds. The average Bonchev–Trinajstić information content (AvgIpc) is 2.83. The number of nitrogens with one attached hydrogen (secondary N) is 1. The summed E-state index contributed by atoms with van der Waals surface area (Å²) in [5.74, 6) is 5.41. The van der Waals surface area contributed by atoms with E-state index in [-0.39, 0.29) is 0 Å². The third kappa shape index (κ3) is 2.69. The molecule has 0 radical (unpaired) electrons. The number of rotatable bonds is 3. The summed E-state index contributed by atoms with van der Waals surface area (Å²) in [4.78, 5) is 4.09. The molecule has 7 heteroatoms. The minimum atomic E-state index is -4.33. The molecule has 1 atom stereocenters. The van der Waals surface area contributed by atoms with Gasteiger partial charge in [0.05, 0.1) is 22.8 Å². The predicted molar refractivity (Wildman–Crippen MR) is 62.7 cm³/mol. The topological polar surface area (TPSA) is 50.9 Å². The summed E-state index contributed by atoms with van der Waals surface area (Å²) >= 11 is 1.40. The van der Waals surface area contributed by atoms with E-state index in [9.17, 15) is 13.2 Å². The van der Waals surface area contributed by atoms with Crippen LogP contribution in [0.1, 0.15) is 22.9 Å². The second kappa shape index (κ2) is 5.05. The fraction of sp³-hybridized carbons (Fsp3) is 0.182. The van der Waals surface area contributed by atoms with Gasteiger partial charge in [0.25, 0.3) is 0 Å². The summed E-state index contributed by atoms with van der Waals surface area (Å²) < 4.78 is 37.3. The number of halogens is 3. The largest absolute Gasteiger partial charge is 0.416 e. The van der Waals surface area contributed by atoms with Gasteiger partial charge in [-0.15, -0.1) is 11.3 Å². The van der Waals surface area contributed by atoms with E-state index in [4.69, 9.17) is 5.84 Å². The Bertz CT molecular complexity index is 493. The Hall–Kier alpha value is -1.44. The minimum absolute atomic E-state index is 0.404. The van der Waals surface area contributed by atoms with E-state index in [1.54, 1.807) is 10.9 Å². The molecule has 3 N–H and O–H groups in total. The van der Waals surface area contributed by atoms with Gasteiger partial charge in [-0.1, -0.05) is 12.1 Å². The van der Waals surface area contributed by atoms with Crippen molar-refractivity contribution in [2.75, 3.05) is 0 Å². The second-order valence-corrected chi connectivity index (χ2v) is 4.35. The summed E-state index contributed by atoms with van der Waals surface area (Å²) in [5.41, 5.74) is 4.82. The Morgan fingerprint density at radius 1 is 1.22 bits per heavy atom. The molecular formula is C11H10F3N3S. The fourth-order valence-electron chi connectivity index (χ4n) is 1.58. The van der Waals surface area contributed by atoms with E-state index in [1.807, 2.05) is 0 Å². The molecule has 2 aromatic rings. The molecule has 0 saturated heterocycles. The standard InChI is InChI=1S/C11H10F3N3S/c12-11(13,14)8-3-1-7(2-4-8)10(17-15)9-5-18-6-16-9/h1-6,10,17H,15H2. The van der Waals surface area contributed by atoms with Gasteiger partial charge in [-0.2, -0.15) is 13.2 Å². The third-order valence-corrected chi connectivity index (χ3v) is 3.09. The molecule has 0 spiro atoms. The van der Waals surface area contributed by atoms with Crippen molar-refractivity contribution in [3.05, 3.63) is 52.0 Å². The van der Waals surface area contributed by atoms with Crippen LogP contribution in [0.15, 0.2) is 35.2 Å². The third-order valence-electron chi connectivity index (χ3n) is 2.49. The van der Waals surface area contributed by atoms with Crippen LogP contribution in [0.3, 0.4) is 0 Å². The number of hydrogen-bond donors (Lipinski definition) is 2. The van der Waals surface area contributed by atoms with Crippen molar-refractivity contribution in [2.24, 2.45) is 5.84 Å². The Morgan fingerprint density at radius 2 is 1.89 bits per heavy atom. The molecule has 1 unspecified atom stereocenters. The van der Waals surface area contributed by atoms with Crippen molar-refractivity contribution in [2.45, 2.75) is 12.2 Å². The summed E-state index contributed by atoms with van der Waals surface area (Å²) in [5, 5.41) is 1.79. The highest BCUT2D eigenvalue weighted by atomic mass is 32.1. The minimum Gasteiger partial charge on any atom is -0.271 e. The Morgan fingerprint density at radius 3 is 2.33 bits per heavy atom. The molecule has 1 heterocycles. The number of thiazole rings is 1. The van der Waals surface area contributed by atoms with Crippen LogP contribution >= 0.6 is 11.3 Å². The molecule has 1 aromatic heterocycles. The lowest BCUT2D eigenvalue weighted by atomic mass is 10.0. The number of nitrogens with zero attached hydrogens (tertiary/aromatic N) is 1. The first-order valence-corrected chi connectivity index (χ1v) is 5.98. The van der Waals surface area contributed by atoms with E-state index in [2.05, 4.69) is 10.4 Å². The van der Waals surface area contributed by atoms with E-state index in [1.165, 1.54) is 23.5 Å². The van der Waals surface area contributed by atoms with Crippen LogP contribution in [-0.2, 0) is 6.18 Å². The van der Waals surface area contributed by atoms with Crippen molar-refractivity contribution >= 4 is 11.3 Å². The van der Waals surface area contributed by atoms with Crippen LogP contribution < -0.4 is 11.3 Å². The summed E-state index contributed by atoms with van der Waals surface area (Å²) in [6, 6.07) is 4.45. The molecule has 18 heavy (non-hydrogen) atoms. The SMILES string of the molecule is NNC(c1ccc(C(F)(F)F)cc1)c1cscn1. The van der Waals surface area contributed by atoms with E-state index in [0.29, 0.717) is 11.3 Å². The lowest BCUT2D eigenvalue weighted by Gasteiger charge is -2.15. The second-order valence-electron chi connectivity index (χ2n) is 3.63. The maximum atomic E-state index is 12.4. The molecule has 96 valence electrons. The van der Waals surface area contributed by atoms with Crippen LogP contribution in [0.2, 0.25) is 0 Å². The highest BCUT2D eigenvalue weighted by molar-refractivity contribution is 7.07. The molecule has 2 rings (SSSR count). The van der Waals surface area contributed by atoms with Gasteiger partial charge in [-0.25, -0.2) is 10.4 Å². The van der Waals surface area contributed by atoms with Gasteiger partial charge in [-0.05, 0) is 17.7 Å². The lowest BCUT2D eigenvalue weighted by molar-refractivity contribution is -0.137. The number of hydrazine groups is 1. The summed E-state index contributed by atoms with van der Waals surface area (Å²) in [6.07, 6.45) is -4.33. The van der Waals surface area contributed by atoms with Gasteiger partial charge in [0.2, 0.25) is 0 Å². The maximum absolute atomic E-state index is 12.4. The molecule has 0 aliphatic carbocycles. The number of alkyl halides is 3. The summed E-state index contributed by atoms with van der Waals surface area (Å²) in [6.45, 7) is 0. The summed E-state index contributed by atoms with van der Waals surface area (Å²) in [7, 11) is 0. The molecule has 0 bridgehead atoms.